The molecule has 19 heavy (non-hydrogen) atoms. The molecule has 0 fully saturated rings. The van der Waals surface area contributed by atoms with E-state index in [1.807, 2.05) is 0 Å². The molecule has 0 saturated heterocycles. The molecule has 0 spiro atoms. The first kappa shape index (κ1) is 13.3. The van der Waals surface area contributed by atoms with Gasteiger partial charge in [-0.15, -0.1) is 0 Å². The Hall–Kier alpha value is -2.10. The van der Waals surface area contributed by atoms with Crippen LogP contribution in [0.1, 0.15) is 30.8 Å². The summed E-state index contributed by atoms with van der Waals surface area (Å²) in [6, 6.07) is 8.14. The van der Waals surface area contributed by atoms with Crippen molar-refractivity contribution in [3.63, 3.8) is 0 Å². The van der Waals surface area contributed by atoms with Gasteiger partial charge in [-0.05, 0) is 24.5 Å². The maximum Gasteiger partial charge on any atom is 0.287 e. The van der Waals surface area contributed by atoms with Crippen molar-refractivity contribution < 1.29 is 9.21 Å². The van der Waals surface area contributed by atoms with Gasteiger partial charge >= 0.3 is 0 Å². The van der Waals surface area contributed by atoms with E-state index < -0.39 is 0 Å². The van der Waals surface area contributed by atoms with Crippen LogP contribution in [-0.4, -0.2) is 12.5 Å². The molecular weight excluding hydrogens is 242 g/mol. The smallest absolute Gasteiger partial charge is 0.287 e. The van der Waals surface area contributed by atoms with E-state index in [0.717, 1.165) is 6.42 Å². The van der Waals surface area contributed by atoms with E-state index in [9.17, 15) is 9.59 Å². The van der Waals surface area contributed by atoms with E-state index >= 15 is 0 Å². The average molecular weight is 259 g/mol. The van der Waals surface area contributed by atoms with Crippen molar-refractivity contribution >= 4 is 16.9 Å². The van der Waals surface area contributed by atoms with E-state index in [4.69, 9.17) is 4.42 Å². The molecule has 0 radical (unpaired) electrons. The van der Waals surface area contributed by atoms with Gasteiger partial charge in [0.1, 0.15) is 5.58 Å². The van der Waals surface area contributed by atoms with Crippen LogP contribution in [0.3, 0.4) is 0 Å². The lowest BCUT2D eigenvalue weighted by atomic mass is 10.1. The maximum absolute atomic E-state index is 11.9. The second-order valence-corrected chi connectivity index (χ2v) is 4.91. The third-order valence-electron chi connectivity index (χ3n) is 2.87. The van der Waals surface area contributed by atoms with Crippen LogP contribution in [0.15, 0.2) is 39.5 Å². The van der Waals surface area contributed by atoms with Crippen LogP contribution < -0.4 is 10.7 Å². The van der Waals surface area contributed by atoms with Gasteiger partial charge in [0, 0.05) is 12.6 Å². The predicted molar refractivity (Wildman–Crippen MR) is 74.3 cm³/mol. The van der Waals surface area contributed by atoms with Gasteiger partial charge in [-0.3, -0.25) is 9.59 Å². The highest BCUT2D eigenvalue weighted by atomic mass is 16.3. The highest BCUT2D eigenvalue weighted by molar-refractivity contribution is 5.93. The highest BCUT2D eigenvalue weighted by Crippen LogP contribution is 2.11. The minimum Gasteiger partial charge on any atom is -0.451 e. The summed E-state index contributed by atoms with van der Waals surface area (Å²) in [6.45, 7) is 4.75. The van der Waals surface area contributed by atoms with Gasteiger partial charge in [-0.2, -0.15) is 0 Å². The molecule has 1 amide bonds. The van der Waals surface area contributed by atoms with Crippen molar-refractivity contribution in [2.45, 2.75) is 20.3 Å². The lowest BCUT2D eigenvalue weighted by molar-refractivity contribution is 0.0925. The Morgan fingerprint density at radius 3 is 2.79 bits per heavy atom. The van der Waals surface area contributed by atoms with Gasteiger partial charge in [0.05, 0.1) is 5.39 Å². The van der Waals surface area contributed by atoms with Crippen LogP contribution in [-0.2, 0) is 0 Å². The highest BCUT2D eigenvalue weighted by Gasteiger charge is 2.11. The van der Waals surface area contributed by atoms with Crippen LogP contribution in [0.25, 0.3) is 11.0 Å². The quantitative estimate of drug-likeness (QED) is 0.918. The number of amides is 1. The molecule has 0 aliphatic rings. The summed E-state index contributed by atoms with van der Waals surface area (Å²) in [5.74, 6) is 0.236. The molecule has 4 heteroatoms. The number of carbonyl (C=O) groups excluding carboxylic acids is 1. The zero-order valence-electron chi connectivity index (χ0n) is 11.1. The van der Waals surface area contributed by atoms with Gasteiger partial charge in [0.2, 0.25) is 0 Å². The fourth-order valence-corrected chi connectivity index (χ4v) is 1.78. The van der Waals surface area contributed by atoms with Crippen molar-refractivity contribution in [1.82, 2.24) is 5.32 Å². The summed E-state index contributed by atoms with van der Waals surface area (Å²) in [5.41, 5.74) is 0.236. The Morgan fingerprint density at radius 1 is 1.32 bits per heavy atom. The number of carbonyl (C=O) groups is 1. The summed E-state index contributed by atoms with van der Waals surface area (Å²) >= 11 is 0. The summed E-state index contributed by atoms with van der Waals surface area (Å²) in [4.78, 5) is 23.7. The minimum atomic E-state index is -0.344. The molecule has 1 aromatic heterocycles. The summed E-state index contributed by atoms with van der Waals surface area (Å²) in [7, 11) is 0. The van der Waals surface area contributed by atoms with Crippen LogP contribution in [0.5, 0.6) is 0 Å². The molecule has 0 saturated carbocycles. The largest absolute Gasteiger partial charge is 0.451 e. The van der Waals surface area contributed by atoms with Crippen molar-refractivity contribution in [1.29, 1.82) is 0 Å². The van der Waals surface area contributed by atoms with Crippen molar-refractivity contribution in [2.24, 2.45) is 5.92 Å². The molecule has 1 N–H and O–H groups in total. The van der Waals surface area contributed by atoms with E-state index in [-0.39, 0.29) is 17.1 Å². The third-order valence-corrected chi connectivity index (χ3v) is 2.87. The second kappa shape index (κ2) is 5.69. The number of benzene rings is 1. The molecule has 4 nitrogen and oxygen atoms in total. The Kier molecular flexibility index (Phi) is 4.00. The maximum atomic E-state index is 11.9. The number of para-hydroxylation sites is 1. The van der Waals surface area contributed by atoms with Crippen LogP contribution in [0.2, 0.25) is 0 Å². The molecule has 0 atom stereocenters. The zero-order chi connectivity index (χ0) is 13.8. The molecular formula is C15H17NO3. The fraction of sp³-hybridized carbons (Fsp3) is 0.333. The van der Waals surface area contributed by atoms with Crippen LogP contribution in [0, 0.1) is 5.92 Å². The average Bonchev–Trinajstić information content (AvgIpc) is 2.38. The fourth-order valence-electron chi connectivity index (χ4n) is 1.78. The van der Waals surface area contributed by atoms with E-state index in [1.165, 1.54) is 6.07 Å². The van der Waals surface area contributed by atoms with Gasteiger partial charge in [-0.25, -0.2) is 0 Å². The normalized spacial score (nSPS) is 10.9. The molecule has 0 aliphatic heterocycles. The first-order valence-corrected chi connectivity index (χ1v) is 6.39. The predicted octanol–water partition coefficient (Wildman–Crippen LogP) is 2.57. The summed E-state index contributed by atoms with van der Waals surface area (Å²) in [6.07, 6.45) is 0.892. The molecule has 0 unspecified atom stereocenters. The molecule has 0 aliphatic carbocycles. The Morgan fingerprint density at radius 2 is 2.05 bits per heavy atom. The van der Waals surface area contributed by atoms with E-state index in [1.54, 1.807) is 24.3 Å². The Bertz CT molecular complexity index is 643. The monoisotopic (exact) mass is 259 g/mol. The van der Waals surface area contributed by atoms with Crippen molar-refractivity contribution in [3.05, 3.63) is 46.3 Å². The van der Waals surface area contributed by atoms with Gasteiger partial charge < -0.3 is 9.73 Å². The summed E-state index contributed by atoms with van der Waals surface area (Å²) < 4.78 is 5.45. The van der Waals surface area contributed by atoms with E-state index in [0.29, 0.717) is 23.4 Å². The van der Waals surface area contributed by atoms with Crippen LogP contribution >= 0.6 is 0 Å². The van der Waals surface area contributed by atoms with Gasteiger partial charge in [0.25, 0.3) is 5.91 Å². The minimum absolute atomic E-state index is 0.0625. The third kappa shape index (κ3) is 3.22. The van der Waals surface area contributed by atoms with Gasteiger partial charge in [0.15, 0.2) is 11.2 Å². The molecule has 0 bridgehead atoms. The first-order valence-electron chi connectivity index (χ1n) is 6.39. The lowest BCUT2D eigenvalue weighted by Crippen LogP contribution is -2.26. The van der Waals surface area contributed by atoms with Crippen molar-refractivity contribution in [3.8, 4) is 0 Å². The van der Waals surface area contributed by atoms with Crippen molar-refractivity contribution in [2.75, 3.05) is 6.54 Å². The lowest BCUT2D eigenvalue weighted by Gasteiger charge is -2.07. The second-order valence-electron chi connectivity index (χ2n) is 4.91. The molecule has 1 heterocycles. The topological polar surface area (TPSA) is 59.3 Å². The molecule has 100 valence electrons. The molecule has 2 rings (SSSR count). The zero-order valence-corrected chi connectivity index (χ0v) is 11.1. The number of rotatable bonds is 4. The number of fused-ring (bicyclic) bond motifs is 1. The molecule has 2 aromatic rings. The number of hydrogen-bond acceptors (Lipinski definition) is 3. The standard InChI is InChI=1S/C15H17NO3/c1-10(2)7-8-16-15(18)14-9-12(17)11-5-3-4-6-13(11)19-14/h3-6,9-10H,7-8H2,1-2H3,(H,16,18). The van der Waals surface area contributed by atoms with Crippen LogP contribution in [0.4, 0.5) is 0 Å². The number of nitrogens with one attached hydrogen (secondary N) is 1. The molecule has 1 aromatic carbocycles. The van der Waals surface area contributed by atoms with Gasteiger partial charge in [-0.1, -0.05) is 26.0 Å². The first-order chi connectivity index (χ1) is 9.08. The van der Waals surface area contributed by atoms with E-state index in [2.05, 4.69) is 19.2 Å². The number of hydrogen-bond donors (Lipinski definition) is 1. The Labute approximate surface area is 111 Å². The Balaban J connectivity index is 2.21. The summed E-state index contributed by atoms with van der Waals surface area (Å²) in [5, 5.41) is 3.24. The SMILES string of the molecule is CC(C)CCNC(=O)c1cc(=O)c2ccccc2o1.